The SMILES string of the molecule is CC(C)C(=O)c1c(N)sc2c1C(C)CC2. The van der Waals surface area contributed by atoms with Gasteiger partial charge in [-0.25, -0.2) is 0 Å². The summed E-state index contributed by atoms with van der Waals surface area (Å²) in [6.45, 7) is 6.06. The summed E-state index contributed by atoms with van der Waals surface area (Å²) in [7, 11) is 0. The van der Waals surface area contributed by atoms with Crippen molar-refractivity contribution in [3.8, 4) is 0 Å². The van der Waals surface area contributed by atoms with Crippen LogP contribution >= 0.6 is 11.3 Å². The van der Waals surface area contributed by atoms with E-state index in [2.05, 4.69) is 6.92 Å². The summed E-state index contributed by atoms with van der Waals surface area (Å²) < 4.78 is 0. The summed E-state index contributed by atoms with van der Waals surface area (Å²) in [6, 6.07) is 0. The Labute approximate surface area is 94.5 Å². The average molecular weight is 223 g/mol. The second kappa shape index (κ2) is 3.63. The van der Waals surface area contributed by atoms with Crippen molar-refractivity contribution in [2.75, 3.05) is 5.73 Å². The quantitative estimate of drug-likeness (QED) is 0.782. The molecule has 1 heterocycles. The van der Waals surface area contributed by atoms with Crippen LogP contribution in [0.3, 0.4) is 0 Å². The largest absolute Gasteiger partial charge is 0.390 e. The van der Waals surface area contributed by atoms with Gasteiger partial charge >= 0.3 is 0 Å². The summed E-state index contributed by atoms with van der Waals surface area (Å²) in [6.07, 6.45) is 2.26. The molecule has 1 aliphatic carbocycles. The molecule has 0 saturated heterocycles. The second-order valence-corrected chi connectivity index (χ2v) is 5.77. The number of thiophene rings is 1. The molecule has 0 radical (unpaired) electrons. The number of carbonyl (C=O) groups excluding carboxylic acids is 1. The third-order valence-corrected chi connectivity index (χ3v) is 4.21. The smallest absolute Gasteiger partial charge is 0.168 e. The summed E-state index contributed by atoms with van der Waals surface area (Å²) in [5.74, 6) is 0.754. The van der Waals surface area contributed by atoms with Crippen molar-refractivity contribution in [1.29, 1.82) is 0 Å². The third-order valence-electron chi connectivity index (χ3n) is 3.12. The van der Waals surface area contributed by atoms with Crippen LogP contribution in [-0.2, 0) is 6.42 Å². The third kappa shape index (κ3) is 1.59. The van der Waals surface area contributed by atoms with Crippen molar-refractivity contribution in [3.63, 3.8) is 0 Å². The lowest BCUT2D eigenvalue weighted by Gasteiger charge is -2.09. The predicted octanol–water partition coefficient (Wildman–Crippen LogP) is 3.22. The van der Waals surface area contributed by atoms with Gasteiger partial charge < -0.3 is 5.73 Å². The Kier molecular flexibility index (Phi) is 2.59. The number of ketones is 1. The number of rotatable bonds is 2. The van der Waals surface area contributed by atoms with Crippen molar-refractivity contribution in [2.45, 2.75) is 39.5 Å². The minimum Gasteiger partial charge on any atom is -0.390 e. The Morgan fingerprint density at radius 3 is 2.80 bits per heavy atom. The molecule has 1 aliphatic rings. The van der Waals surface area contributed by atoms with Gasteiger partial charge in [0.05, 0.1) is 10.6 Å². The molecule has 0 spiro atoms. The van der Waals surface area contributed by atoms with E-state index in [0.717, 1.165) is 17.0 Å². The highest BCUT2D eigenvalue weighted by Crippen LogP contribution is 2.44. The van der Waals surface area contributed by atoms with Crippen LogP contribution < -0.4 is 5.73 Å². The average Bonchev–Trinajstić information content (AvgIpc) is 2.65. The molecule has 2 rings (SSSR count). The Hall–Kier alpha value is -0.830. The Balaban J connectivity index is 2.52. The van der Waals surface area contributed by atoms with E-state index < -0.39 is 0 Å². The fourth-order valence-corrected chi connectivity index (χ4v) is 3.46. The highest BCUT2D eigenvalue weighted by atomic mass is 32.1. The maximum Gasteiger partial charge on any atom is 0.168 e. The first kappa shape index (κ1) is 10.7. The van der Waals surface area contributed by atoms with Crippen LogP contribution in [0.25, 0.3) is 0 Å². The van der Waals surface area contributed by atoms with Crippen molar-refractivity contribution < 1.29 is 4.79 Å². The molecule has 0 bridgehead atoms. The van der Waals surface area contributed by atoms with Crippen LogP contribution in [-0.4, -0.2) is 5.78 Å². The van der Waals surface area contributed by atoms with E-state index in [1.807, 2.05) is 13.8 Å². The molecule has 0 saturated carbocycles. The van der Waals surface area contributed by atoms with Gasteiger partial charge in [0.25, 0.3) is 0 Å². The van der Waals surface area contributed by atoms with Gasteiger partial charge in [-0.1, -0.05) is 20.8 Å². The molecule has 1 aromatic rings. The fourth-order valence-electron chi connectivity index (χ4n) is 2.25. The Morgan fingerprint density at radius 1 is 1.53 bits per heavy atom. The molecule has 1 unspecified atom stereocenters. The summed E-state index contributed by atoms with van der Waals surface area (Å²) in [5.41, 5.74) is 8.03. The summed E-state index contributed by atoms with van der Waals surface area (Å²) >= 11 is 1.61. The Morgan fingerprint density at radius 2 is 2.20 bits per heavy atom. The number of carbonyl (C=O) groups is 1. The molecule has 2 nitrogen and oxygen atoms in total. The number of hydrogen-bond acceptors (Lipinski definition) is 3. The van der Waals surface area contributed by atoms with Gasteiger partial charge in [0.1, 0.15) is 0 Å². The number of nitrogens with two attached hydrogens (primary N) is 1. The maximum absolute atomic E-state index is 12.1. The van der Waals surface area contributed by atoms with Crippen LogP contribution in [0.5, 0.6) is 0 Å². The molecule has 0 aromatic carbocycles. The molecule has 82 valence electrons. The van der Waals surface area contributed by atoms with Crippen molar-refractivity contribution in [3.05, 3.63) is 16.0 Å². The first-order valence-corrected chi connectivity index (χ1v) is 6.29. The zero-order chi connectivity index (χ0) is 11.2. The topological polar surface area (TPSA) is 43.1 Å². The van der Waals surface area contributed by atoms with E-state index in [9.17, 15) is 4.79 Å². The lowest BCUT2D eigenvalue weighted by atomic mass is 9.94. The monoisotopic (exact) mass is 223 g/mol. The van der Waals surface area contributed by atoms with Crippen molar-refractivity contribution in [2.24, 2.45) is 5.92 Å². The van der Waals surface area contributed by atoms with Gasteiger partial charge in [-0.2, -0.15) is 0 Å². The van der Waals surface area contributed by atoms with E-state index in [0.29, 0.717) is 5.92 Å². The van der Waals surface area contributed by atoms with Gasteiger partial charge in [-0.3, -0.25) is 4.79 Å². The first-order chi connectivity index (χ1) is 7.02. The van der Waals surface area contributed by atoms with E-state index >= 15 is 0 Å². The van der Waals surface area contributed by atoms with E-state index in [4.69, 9.17) is 5.73 Å². The molecule has 3 heteroatoms. The van der Waals surface area contributed by atoms with Crippen LogP contribution in [0.4, 0.5) is 5.00 Å². The molecule has 2 N–H and O–H groups in total. The molecular formula is C12H17NOS. The van der Waals surface area contributed by atoms with E-state index in [1.54, 1.807) is 11.3 Å². The van der Waals surface area contributed by atoms with Crippen LogP contribution in [0.1, 0.15) is 53.9 Å². The minimum absolute atomic E-state index is 0.0406. The number of fused-ring (bicyclic) bond motifs is 1. The van der Waals surface area contributed by atoms with Crippen molar-refractivity contribution in [1.82, 2.24) is 0 Å². The molecule has 15 heavy (non-hydrogen) atoms. The number of hydrogen-bond donors (Lipinski definition) is 1. The zero-order valence-corrected chi connectivity index (χ0v) is 10.3. The molecule has 0 amide bonds. The molecule has 0 aliphatic heterocycles. The Bertz CT molecular complexity index is 406. The normalized spacial score (nSPS) is 19.6. The zero-order valence-electron chi connectivity index (χ0n) is 9.46. The number of nitrogen functional groups attached to an aromatic ring is 1. The summed E-state index contributed by atoms with van der Waals surface area (Å²) in [5, 5.41) is 0.727. The van der Waals surface area contributed by atoms with Crippen LogP contribution in [0.2, 0.25) is 0 Å². The standard InChI is InChI=1S/C12H17NOS/c1-6(2)11(14)10-9-7(3)4-5-8(9)15-12(10)13/h6-7H,4-5,13H2,1-3H3. The van der Waals surface area contributed by atoms with Gasteiger partial charge in [0, 0.05) is 10.8 Å². The van der Waals surface area contributed by atoms with Crippen LogP contribution in [0, 0.1) is 5.92 Å². The molecular weight excluding hydrogens is 206 g/mol. The highest BCUT2D eigenvalue weighted by molar-refractivity contribution is 7.16. The highest BCUT2D eigenvalue weighted by Gasteiger charge is 2.30. The summed E-state index contributed by atoms with van der Waals surface area (Å²) in [4.78, 5) is 13.4. The minimum atomic E-state index is 0.0406. The van der Waals surface area contributed by atoms with Gasteiger partial charge in [0.15, 0.2) is 5.78 Å². The molecule has 0 fully saturated rings. The lowest BCUT2D eigenvalue weighted by Crippen LogP contribution is -2.11. The molecule has 1 aromatic heterocycles. The first-order valence-electron chi connectivity index (χ1n) is 5.47. The number of Topliss-reactive ketones (excluding diaryl/α,β-unsaturated/α-hetero) is 1. The predicted molar refractivity (Wildman–Crippen MR) is 64.6 cm³/mol. The van der Waals surface area contributed by atoms with E-state index in [1.165, 1.54) is 16.9 Å². The van der Waals surface area contributed by atoms with Crippen LogP contribution in [0.15, 0.2) is 0 Å². The van der Waals surface area contributed by atoms with E-state index in [-0.39, 0.29) is 11.7 Å². The number of aryl methyl sites for hydroxylation is 1. The van der Waals surface area contributed by atoms with Crippen molar-refractivity contribution >= 4 is 22.1 Å². The van der Waals surface area contributed by atoms with Gasteiger partial charge in [-0.15, -0.1) is 11.3 Å². The van der Waals surface area contributed by atoms with Gasteiger partial charge in [0.2, 0.25) is 0 Å². The lowest BCUT2D eigenvalue weighted by molar-refractivity contribution is 0.0939. The maximum atomic E-state index is 12.1. The number of anilines is 1. The molecule has 1 atom stereocenters. The fraction of sp³-hybridized carbons (Fsp3) is 0.583. The van der Waals surface area contributed by atoms with Gasteiger partial charge in [-0.05, 0) is 24.3 Å². The second-order valence-electron chi connectivity index (χ2n) is 4.64.